The summed E-state index contributed by atoms with van der Waals surface area (Å²) in [6.07, 6.45) is 1.08. The van der Waals surface area contributed by atoms with Crippen molar-refractivity contribution in [3.8, 4) is 10.6 Å². The summed E-state index contributed by atoms with van der Waals surface area (Å²) in [6.45, 7) is 1.67. The van der Waals surface area contributed by atoms with E-state index in [0.717, 1.165) is 24.4 Å². The summed E-state index contributed by atoms with van der Waals surface area (Å²) >= 11 is 1.57. The highest BCUT2D eigenvalue weighted by Gasteiger charge is 2.24. The van der Waals surface area contributed by atoms with Crippen molar-refractivity contribution in [2.24, 2.45) is 0 Å². The van der Waals surface area contributed by atoms with Gasteiger partial charge in [-0.3, -0.25) is 4.79 Å². The molecule has 16 heavy (non-hydrogen) atoms. The minimum atomic E-state index is -0.0298. The van der Waals surface area contributed by atoms with Gasteiger partial charge in [0.25, 0.3) is 5.91 Å². The van der Waals surface area contributed by atoms with Gasteiger partial charge in [0, 0.05) is 19.2 Å². The minimum absolute atomic E-state index is 0.0298. The van der Waals surface area contributed by atoms with Crippen molar-refractivity contribution >= 4 is 17.2 Å². The van der Waals surface area contributed by atoms with Crippen molar-refractivity contribution in [1.82, 2.24) is 10.1 Å². The lowest BCUT2D eigenvalue weighted by Crippen LogP contribution is -2.42. The molecule has 1 aliphatic heterocycles. The van der Waals surface area contributed by atoms with E-state index in [4.69, 9.17) is 4.52 Å². The zero-order valence-corrected chi connectivity index (χ0v) is 9.37. The number of thiophene rings is 1. The second-order valence-corrected chi connectivity index (χ2v) is 4.65. The van der Waals surface area contributed by atoms with E-state index in [9.17, 15) is 4.79 Å². The van der Waals surface area contributed by atoms with Crippen LogP contribution in [0.2, 0.25) is 0 Å². The molecule has 2 aromatic rings. The smallest absolute Gasteiger partial charge is 0.276 e. The Hall–Kier alpha value is -1.62. The molecule has 1 aliphatic rings. The summed E-state index contributed by atoms with van der Waals surface area (Å²) in [5.41, 5.74) is 0.406. The summed E-state index contributed by atoms with van der Waals surface area (Å²) in [5.74, 6) is 0.636. The van der Waals surface area contributed by atoms with Crippen molar-refractivity contribution in [1.29, 1.82) is 0 Å². The average Bonchev–Trinajstić information content (AvgIpc) is 2.86. The van der Waals surface area contributed by atoms with Gasteiger partial charge in [-0.25, -0.2) is 0 Å². The van der Waals surface area contributed by atoms with Crippen LogP contribution in [0.1, 0.15) is 16.9 Å². The SMILES string of the molecule is O=C(c1cc(-c2cccs2)on1)N1CCC1. The Morgan fingerprint density at radius 3 is 3.00 bits per heavy atom. The predicted octanol–water partition coefficient (Wildman–Crippen LogP) is 2.25. The van der Waals surface area contributed by atoms with Crippen LogP contribution in [-0.2, 0) is 0 Å². The van der Waals surface area contributed by atoms with Crippen LogP contribution < -0.4 is 0 Å². The molecule has 0 radical (unpaired) electrons. The van der Waals surface area contributed by atoms with Crippen molar-refractivity contribution in [3.05, 3.63) is 29.3 Å². The van der Waals surface area contributed by atoms with Gasteiger partial charge < -0.3 is 9.42 Å². The van der Waals surface area contributed by atoms with Gasteiger partial charge >= 0.3 is 0 Å². The third kappa shape index (κ3) is 1.53. The summed E-state index contributed by atoms with van der Waals surface area (Å²) in [7, 11) is 0. The molecule has 1 saturated heterocycles. The van der Waals surface area contributed by atoms with E-state index < -0.39 is 0 Å². The zero-order valence-electron chi connectivity index (χ0n) is 8.55. The Bertz CT molecular complexity index is 500. The molecule has 3 heterocycles. The lowest BCUT2D eigenvalue weighted by Gasteiger charge is -2.29. The van der Waals surface area contributed by atoms with Crippen LogP contribution in [0.25, 0.3) is 10.6 Å². The third-order valence-electron chi connectivity index (χ3n) is 2.64. The molecule has 4 nitrogen and oxygen atoms in total. The summed E-state index contributed by atoms with van der Waals surface area (Å²) in [5, 5.41) is 5.78. The van der Waals surface area contributed by atoms with Gasteiger partial charge in [0.15, 0.2) is 11.5 Å². The first-order valence-electron chi connectivity index (χ1n) is 5.14. The summed E-state index contributed by atoms with van der Waals surface area (Å²) in [4.78, 5) is 14.6. The molecule has 0 aliphatic carbocycles. The number of hydrogen-bond acceptors (Lipinski definition) is 4. The Balaban J connectivity index is 1.84. The lowest BCUT2D eigenvalue weighted by atomic mass is 10.2. The van der Waals surface area contributed by atoms with Gasteiger partial charge in [0.05, 0.1) is 4.88 Å². The van der Waals surface area contributed by atoms with Gasteiger partial charge in [-0.15, -0.1) is 11.3 Å². The number of rotatable bonds is 2. The van der Waals surface area contributed by atoms with Crippen LogP contribution in [0, 0.1) is 0 Å². The highest BCUT2D eigenvalue weighted by molar-refractivity contribution is 7.13. The summed E-state index contributed by atoms with van der Waals surface area (Å²) in [6, 6.07) is 5.61. The molecule has 0 spiro atoms. The fraction of sp³-hybridized carbons (Fsp3) is 0.273. The predicted molar refractivity (Wildman–Crippen MR) is 60.3 cm³/mol. The molecule has 0 unspecified atom stereocenters. The largest absolute Gasteiger partial charge is 0.355 e. The van der Waals surface area contributed by atoms with Gasteiger partial charge in [0.1, 0.15) is 0 Å². The van der Waals surface area contributed by atoms with E-state index in [1.165, 1.54) is 0 Å². The van der Waals surface area contributed by atoms with Crippen molar-refractivity contribution in [2.45, 2.75) is 6.42 Å². The quantitative estimate of drug-likeness (QED) is 0.800. The molecular weight excluding hydrogens is 224 g/mol. The highest BCUT2D eigenvalue weighted by Crippen LogP contribution is 2.25. The van der Waals surface area contributed by atoms with Crippen LogP contribution >= 0.6 is 11.3 Å². The Morgan fingerprint density at radius 1 is 1.50 bits per heavy atom. The second-order valence-electron chi connectivity index (χ2n) is 3.70. The fourth-order valence-corrected chi connectivity index (χ4v) is 2.27. The minimum Gasteiger partial charge on any atom is -0.355 e. The standard InChI is InChI=1S/C11H10N2O2S/c14-11(13-4-2-5-13)8-7-9(15-12-8)10-3-1-6-16-10/h1,3,6-7H,2,4-5H2. The number of likely N-dealkylation sites (tertiary alicyclic amines) is 1. The molecule has 0 saturated carbocycles. The van der Waals surface area contributed by atoms with Crippen molar-refractivity contribution in [3.63, 3.8) is 0 Å². The number of carbonyl (C=O) groups excluding carboxylic acids is 1. The molecule has 0 atom stereocenters. The number of amides is 1. The van der Waals surface area contributed by atoms with Crippen LogP contribution in [-0.4, -0.2) is 29.1 Å². The number of nitrogens with zero attached hydrogens (tertiary/aromatic N) is 2. The number of hydrogen-bond donors (Lipinski definition) is 0. The first-order chi connectivity index (χ1) is 7.84. The molecular formula is C11H10N2O2S. The molecule has 5 heteroatoms. The normalized spacial score (nSPS) is 14.9. The number of aromatic nitrogens is 1. The highest BCUT2D eigenvalue weighted by atomic mass is 32.1. The van der Waals surface area contributed by atoms with Crippen molar-refractivity contribution in [2.75, 3.05) is 13.1 Å². The van der Waals surface area contributed by atoms with E-state index in [-0.39, 0.29) is 5.91 Å². The average molecular weight is 234 g/mol. The first kappa shape index (κ1) is 9.59. The molecule has 3 rings (SSSR count). The van der Waals surface area contributed by atoms with E-state index >= 15 is 0 Å². The van der Waals surface area contributed by atoms with Crippen LogP contribution in [0.15, 0.2) is 28.1 Å². The van der Waals surface area contributed by atoms with E-state index in [2.05, 4.69) is 5.16 Å². The maximum Gasteiger partial charge on any atom is 0.276 e. The van der Waals surface area contributed by atoms with Gasteiger partial charge in [-0.05, 0) is 17.9 Å². The van der Waals surface area contributed by atoms with E-state index in [1.54, 1.807) is 22.3 Å². The van der Waals surface area contributed by atoms with Gasteiger partial charge in [-0.2, -0.15) is 0 Å². The topological polar surface area (TPSA) is 46.3 Å². The molecule has 1 fully saturated rings. The summed E-state index contributed by atoms with van der Waals surface area (Å²) < 4.78 is 5.16. The Morgan fingerprint density at radius 2 is 2.38 bits per heavy atom. The lowest BCUT2D eigenvalue weighted by molar-refractivity contribution is 0.0641. The van der Waals surface area contributed by atoms with Crippen LogP contribution in [0.4, 0.5) is 0 Å². The van der Waals surface area contributed by atoms with E-state index in [0.29, 0.717) is 11.5 Å². The maximum atomic E-state index is 11.8. The molecule has 82 valence electrons. The van der Waals surface area contributed by atoms with Gasteiger partial charge in [-0.1, -0.05) is 11.2 Å². The fourth-order valence-electron chi connectivity index (χ4n) is 1.59. The van der Waals surface area contributed by atoms with Crippen molar-refractivity contribution < 1.29 is 9.32 Å². The molecule has 2 aromatic heterocycles. The molecule has 0 bridgehead atoms. The number of carbonyl (C=O) groups is 1. The molecule has 0 N–H and O–H groups in total. The first-order valence-corrected chi connectivity index (χ1v) is 6.02. The third-order valence-corrected chi connectivity index (χ3v) is 3.52. The monoisotopic (exact) mass is 234 g/mol. The van der Waals surface area contributed by atoms with Crippen LogP contribution in [0.3, 0.4) is 0 Å². The Kier molecular flexibility index (Phi) is 2.25. The molecule has 0 aromatic carbocycles. The Labute approximate surface area is 96.5 Å². The van der Waals surface area contributed by atoms with E-state index in [1.807, 2.05) is 17.5 Å². The maximum absolute atomic E-state index is 11.8. The van der Waals surface area contributed by atoms with Gasteiger partial charge in [0.2, 0.25) is 0 Å². The van der Waals surface area contributed by atoms with Crippen LogP contribution in [0.5, 0.6) is 0 Å². The molecule has 1 amide bonds. The zero-order chi connectivity index (χ0) is 11.0. The second kappa shape index (κ2) is 3.75.